The van der Waals surface area contributed by atoms with E-state index in [2.05, 4.69) is 46.1 Å². The lowest BCUT2D eigenvalue weighted by Gasteiger charge is -2.28. The number of nitro groups is 1. The maximum Gasteiger partial charge on any atom is 0.269 e. The van der Waals surface area contributed by atoms with Crippen molar-refractivity contribution in [3.05, 3.63) is 69.8 Å². The van der Waals surface area contributed by atoms with Crippen molar-refractivity contribution in [1.82, 2.24) is 10.0 Å². The summed E-state index contributed by atoms with van der Waals surface area (Å²) in [5.41, 5.74) is 3.33. The van der Waals surface area contributed by atoms with Gasteiger partial charge in [-0.2, -0.15) is 5.01 Å². The first kappa shape index (κ1) is 16.0. The van der Waals surface area contributed by atoms with E-state index in [0.29, 0.717) is 0 Å². The maximum atomic E-state index is 10.9. The Morgan fingerprint density at radius 1 is 1.08 bits per heavy atom. The fourth-order valence-electron chi connectivity index (χ4n) is 3.50. The number of non-ortho nitro benzene ring substituents is 1. The Hall–Kier alpha value is -2.51. The molecule has 0 unspecified atom stereocenters. The molecular formula is C18H18N4O2S. The van der Waals surface area contributed by atoms with Gasteiger partial charge >= 0.3 is 0 Å². The van der Waals surface area contributed by atoms with E-state index >= 15 is 0 Å². The third-order valence-electron chi connectivity index (χ3n) is 4.74. The maximum absolute atomic E-state index is 10.9. The number of nitro benzene ring substituents is 1. The van der Waals surface area contributed by atoms with E-state index < -0.39 is 0 Å². The average Bonchev–Trinajstić information content (AvgIpc) is 3.18. The summed E-state index contributed by atoms with van der Waals surface area (Å²) in [6.45, 7) is 3.92. The van der Waals surface area contributed by atoms with E-state index in [1.165, 1.54) is 17.7 Å². The van der Waals surface area contributed by atoms with Crippen molar-refractivity contribution in [2.45, 2.75) is 19.5 Å². The lowest BCUT2D eigenvalue weighted by atomic mass is 10.1. The molecule has 0 amide bonds. The van der Waals surface area contributed by atoms with Crippen LogP contribution >= 0.6 is 12.2 Å². The van der Waals surface area contributed by atoms with Gasteiger partial charge in [-0.15, -0.1) is 0 Å². The molecule has 2 fully saturated rings. The van der Waals surface area contributed by atoms with Crippen LogP contribution in [0.3, 0.4) is 0 Å². The van der Waals surface area contributed by atoms with Crippen molar-refractivity contribution >= 4 is 28.7 Å². The van der Waals surface area contributed by atoms with Gasteiger partial charge in [-0.05, 0) is 43.3 Å². The third kappa shape index (κ3) is 2.65. The molecule has 2 heterocycles. The minimum atomic E-state index is -0.384. The predicted molar refractivity (Wildman–Crippen MR) is 100 cm³/mol. The van der Waals surface area contributed by atoms with E-state index in [4.69, 9.17) is 12.2 Å². The van der Waals surface area contributed by atoms with Gasteiger partial charge in [0.2, 0.25) is 0 Å². The molecule has 2 aromatic carbocycles. The average molecular weight is 354 g/mol. The Labute approximate surface area is 151 Å². The highest BCUT2D eigenvalue weighted by molar-refractivity contribution is 7.80. The van der Waals surface area contributed by atoms with Crippen LogP contribution in [0.15, 0.2) is 48.5 Å². The van der Waals surface area contributed by atoms with Gasteiger partial charge in [0.1, 0.15) is 6.17 Å². The van der Waals surface area contributed by atoms with Crippen molar-refractivity contribution in [3.8, 4) is 0 Å². The zero-order chi connectivity index (χ0) is 17.6. The number of hydrogen-bond donors (Lipinski definition) is 0. The fraction of sp³-hybridized carbons (Fsp3) is 0.278. The van der Waals surface area contributed by atoms with Gasteiger partial charge < -0.3 is 0 Å². The van der Waals surface area contributed by atoms with Crippen molar-refractivity contribution in [2.75, 3.05) is 18.0 Å². The summed E-state index contributed by atoms with van der Waals surface area (Å²) >= 11 is 5.72. The highest BCUT2D eigenvalue weighted by atomic mass is 32.1. The molecular weight excluding hydrogens is 336 g/mol. The number of anilines is 1. The summed E-state index contributed by atoms with van der Waals surface area (Å²) in [5, 5.41) is 16.1. The smallest absolute Gasteiger partial charge is 0.269 e. The molecule has 0 aromatic heterocycles. The molecule has 0 spiro atoms. The Morgan fingerprint density at radius 3 is 2.40 bits per heavy atom. The van der Waals surface area contributed by atoms with E-state index in [-0.39, 0.29) is 16.8 Å². The van der Waals surface area contributed by atoms with Gasteiger partial charge in [-0.1, -0.05) is 29.8 Å². The summed E-state index contributed by atoms with van der Waals surface area (Å²) < 4.78 is 0. The standard InChI is InChI=1S/C18H18N4O2S/c1-13-3-5-14(6-4-13)17-19-11-2-12-20(19)18(25)21(17)15-7-9-16(10-8-15)22(23)24/h3-10,17H,2,11-12H2,1H3/t17-/m1/s1. The largest absolute Gasteiger partial charge is 0.296 e. The van der Waals surface area contributed by atoms with Crippen LogP contribution in [0.4, 0.5) is 11.4 Å². The second-order valence-corrected chi connectivity index (χ2v) is 6.72. The molecule has 4 rings (SSSR count). The topological polar surface area (TPSA) is 52.9 Å². The number of aryl methyl sites for hydroxylation is 1. The van der Waals surface area contributed by atoms with E-state index in [9.17, 15) is 10.1 Å². The molecule has 0 radical (unpaired) electrons. The number of rotatable bonds is 3. The van der Waals surface area contributed by atoms with Crippen molar-refractivity contribution in [3.63, 3.8) is 0 Å². The summed E-state index contributed by atoms with van der Waals surface area (Å²) in [5.74, 6) is 0. The second kappa shape index (κ2) is 6.09. The van der Waals surface area contributed by atoms with Crippen LogP contribution in [0, 0.1) is 17.0 Å². The lowest BCUT2D eigenvalue weighted by Crippen LogP contribution is -2.32. The zero-order valence-corrected chi connectivity index (χ0v) is 14.6. The normalized spacial score (nSPS) is 20.2. The van der Waals surface area contributed by atoms with Crippen LogP contribution in [-0.4, -0.2) is 33.1 Å². The molecule has 128 valence electrons. The number of benzene rings is 2. The molecule has 0 saturated carbocycles. The Balaban J connectivity index is 1.76. The Kier molecular flexibility index (Phi) is 3.89. The zero-order valence-electron chi connectivity index (χ0n) is 13.8. The predicted octanol–water partition coefficient (Wildman–Crippen LogP) is 3.63. The summed E-state index contributed by atoms with van der Waals surface area (Å²) in [6, 6.07) is 15.1. The molecule has 0 bridgehead atoms. The Bertz CT molecular complexity index is 822. The number of fused-ring (bicyclic) bond motifs is 1. The molecule has 2 aromatic rings. The first-order valence-electron chi connectivity index (χ1n) is 8.24. The van der Waals surface area contributed by atoms with Gasteiger partial charge in [0.05, 0.1) is 4.92 Å². The van der Waals surface area contributed by atoms with Gasteiger partial charge in [0.25, 0.3) is 5.69 Å². The number of nitrogens with zero attached hydrogens (tertiary/aromatic N) is 4. The van der Waals surface area contributed by atoms with Crippen LogP contribution in [0.1, 0.15) is 23.7 Å². The first-order valence-corrected chi connectivity index (χ1v) is 8.65. The SMILES string of the molecule is Cc1ccc([C@H]2N(c3ccc([N+](=O)[O-])cc3)C(=S)N3CCCN23)cc1. The van der Waals surface area contributed by atoms with Crippen molar-refractivity contribution in [1.29, 1.82) is 0 Å². The van der Waals surface area contributed by atoms with E-state index in [1.807, 2.05) is 0 Å². The molecule has 2 saturated heterocycles. The van der Waals surface area contributed by atoms with Crippen molar-refractivity contribution < 1.29 is 4.92 Å². The van der Waals surface area contributed by atoms with Gasteiger partial charge in [0.15, 0.2) is 5.11 Å². The quantitative estimate of drug-likeness (QED) is 0.477. The summed E-state index contributed by atoms with van der Waals surface area (Å²) in [4.78, 5) is 12.6. The molecule has 1 atom stereocenters. The monoisotopic (exact) mass is 354 g/mol. The van der Waals surface area contributed by atoms with Crippen LogP contribution in [0.25, 0.3) is 0 Å². The lowest BCUT2D eigenvalue weighted by molar-refractivity contribution is -0.384. The number of hydrogen-bond acceptors (Lipinski definition) is 4. The molecule has 0 N–H and O–H groups in total. The van der Waals surface area contributed by atoms with Crippen LogP contribution in [-0.2, 0) is 0 Å². The molecule has 6 nitrogen and oxygen atoms in total. The summed E-state index contributed by atoms with van der Waals surface area (Å²) in [6.07, 6.45) is 1.06. The molecule has 7 heteroatoms. The molecule has 0 aliphatic carbocycles. The highest BCUT2D eigenvalue weighted by Gasteiger charge is 2.45. The number of thiocarbonyl (C=S) groups is 1. The minimum absolute atomic E-state index is 0.0166. The van der Waals surface area contributed by atoms with Gasteiger partial charge in [-0.25, -0.2) is 0 Å². The molecule has 25 heavy (non-hydrogen) atoms. The number of hydrazine groups is 1. The second-order valence-electron chi connectivity index (χ2n) is 6.35. The van der Waals surface area contributed by atoms with Crippen LogP contribution < -0.4 is 4.90 Å². The first-order chi connectivity index (χ1) is 12.1. The Morgan fingerprint density at radius 2 is 1.76 bits per heavy atom. The van der Waals surface area contributed by atoms with E-state index in [1.54, 1.807) is 12.1 Å². The summed E-state index contributed by atoms with van der Waals surface area (Å²) in [7, 11) is 0. The molecule has 2 aliphatic heterocycles. The molecule has 2 aliphatic rings. The minimum Gasteiger partial charge on any atom is -0.296 e. The van der Waals surface area contributed by atoms with Crippen LogP contribution in [0.5, 0.6) is 0 Å². The fourth-order valence-corrected chi connectivity index (χ4v) is 3.90. The van der Waals surface area contributed by atoms with E-state index in [0.717, 1.165) is 35.9 Å². The van der Waals surface area contributed by atoms with Gasteiger partial charge in [-0.3, -0.25) is 20.0 Å². The van der Waals surface area contributed by atoms with Crippen LogP contribution in [0.2, 0.25) is 0 Å². The van der Waals surface area contributed by atoms with Gasteiger partial charge in [0, 0.05) is 30.9 Å². The highest BCUT2D eigenvalue weighted by Crippen LogP contribution is 2.40. The third-order valence-corrected chi connectivity index (χ3v) is 5.14. The van der Waals surface area contributed by atoms with Crippen molar-refractivity contribution in [2.24, 2.45) is 0 Å².